The number of hydrazone groups is 1. The minimum Gasteiger partial charge on any atom is -0.462 e. The van der Waals surface area contributed by atoms with Crippen molar-refractivity contribution < 1.29 is 18.7 Å². The Hall–Kier alpha value is -4.77. The molecule has 0 saturated carbocycles. The summed E-state index contributed by atoms with van der Waals surface area (Å²) in [5, 5.41) is 7.47. The van der Waals surface area contributed by atoms with Crippen LogP contribution in [0.1, 0.15) is 23.0 Å². The van der Waals surface area contributed by atoms with E-state index in [0.717, 1.165) is 11.3 Å². The molecule has 0 aliphatic carbocycles. The maximum absolute atomic E-state index is 11.9. The summed E-state index contributed by atoms with van der Waals surface area (Å²) in [4.78, 5) is 27.5. The molecule has 1 aliphatic heterocycles. The second kappa shape index (κ2) is 12.0. The third-order valence-electron chi connectivity index (χ3n) is 5.61. The van der Waals surface area contributed by atoms with Gasteiger partial charge in [0.2, 0.25) is 17.8 Å². The number of nitrogens with one attached hydrogen (secondary N) is 2. The molecule has 1 aliphatic rings. The molecule has 0 spiro atoms. The number of nitrogens with zero attached hydrogens (tertiary/aromatic N) is 5. The zero-order valence-corrected chi connectivity index (χ0v) is 20.8. The standard InChI is InChI=1S/C27H27N7O4/c1-2-37-24(35)20-10-8-19(9-11-20)23-13-12-22(38-23)18-28-33-26-30-25(29-21-6-4-3-5-7-21)31-27(32-26)34-14-16-36-17-15-34/h3-13,18H,2,14-17H2,1H3,(H2,29,30,31,32,33)/b28-18+. The molecule has 3 heterocycles. The molecule has 4 aromatic rings. The van der Waals surface area contributed by atoms with E-state index >= 15 is 0 Å². The van der Waals surface area contributed by atoms with Gasteiger partial charge in [-0.3, -0.25) is 0 Å². The lowest BCUT2D eigenvalue weighted by Gasteiger charge is -2.27. The predicted molar refractivity (Wildman–Crippen MR) is 144 cm³/mol. The van der Waals surface area contributed by atoms with Gasteiger partial charge in [-0.1, -0.05) is 30.3 Å². The lowest BCUT2D eigenvalue weighted by atomic mass is 10.1. The van der Waals surface area contributed by atoms with E-state index in [4.69, 9.17) is 13.9 Å². The van der Waals surface area contributed by atoms with Crippen LogP contribution in [0.25, 0.3) is 11.3 Å². The van der Waals surface area contributed by atoms with Crippen LogP contribution in [-0.4, -0.2) is 60.0 Å². The Kier molecular flexibility index (Phi) is 7.85. The van der Waals surface area contributed by atoms with Crippen molar-refractivity contribution in [1.29, 1.82) is 0 Å². The Labute approximate surface area is 219 Å². The molecule has 0 amide bonds. The highest BCUT2D eigenvalue weighted by Gasteiger charge is 2.17. The number of hydrogen-bond donors (Lipinski definition) is 2. The van der Waals surface area contributed by atoms with E-state index in [1.165, 1.54) is 0 Å². The van der Waals surface area contributed by atoms with Gasteiger partial charge in [-0.05, 0) is 43.3 Å². The zero-order valence-electron chi connectivity index (χ0n) is 20.8. The van der Waals surface area contributed by atoms with Crippen LogP contribution < -0.4 is 15.6 Å². The van der Waals surface area contributed by atoms with Gasteiger partial charge in [-0.2, -0.15) is 20.1 Å². The third-order valence-corrected chi connectivity index (χ3v) is 5.61. The van der Waals surface area contributed by atoms with Crippen molar-refractivity contribution in [3.05, 3.63) is 78.1 Å². The van der Waals surface area contributed by atoms with Gasteiger partial charge in [0.25, 0.3) is 0 Å². The van der Waals surface area contributed by atoms with Crippen molar-refractivity contribution in [2.75, 3.05) is 48.6 Å². The largest absolute Gasteiger partial charge is 0.462 e. The number of para-hydroxylation sites is 1. The van der Waals surface area contributed by atoms with Gasteiger partial charge in [-0.15, -0.1) is 0 Å². The average molecular weight is 514 g/mol. The highest BCUT2D eigenvalue weighted by atomic mass is 16.5. The predicted octanol–water partition coefficient (Wildman–Crippen LogP) is 4.33. The van der Waals surface area contributed by atoms with Crippen molar-refractivity contribution in [2.24, 2.45) is 5.10 Å². The molecule has 1 saturated heterocycles. The van der Waals surface area contributed by atoms with Crippen LogP contribution in [0, 0.1) is 0 Å². The topological polar surface area (TPSA) is 127 Å². The summed E-state index contributed by atoms with van der Waals surface area (Å²) in [6, 6.07) is 20.3. The van der Waals surface area contributed by atoms with Crippen LogP contribution in [0.3, 0.4) is 0 Å². The SMILES string of the molecule is CCOC(=O)c1ccc(-c2ccc(/C=N/Nc3nc(Nc4ccccc4)nc(N4CCOCC4)n3)o2)cc1. The van der Waals surface area contributed by atoms with Crippen molar-refractivity contribution in [3.63, 3.8) is 0 Å². The molecule has 2 aromatic carbocycles. The van der Waals surface area contributed by atoms with Crippen molar-refractivity contribution in [1.82, 2.24) is 15.0 Å². The van der Waals surface area contributed by atoms with E-state index < -0.39 is 0 Å². The quantitative estimate of drug-likeness (QED) is 0.190. The molecule has 2 aromatic heterocycles. The van der Waals surface area contributed by atoms with E-state index in [0.29, 0.717) is 61.9 Å². The Morgan fingerprint density at radius 1 is 1.00 bits per heavy atom. The number of morpholine rings is 1. The lowest BCUT2D eigenvalue weighted by molar-refractivity contribution is 0.0526. The summed E-state index contributed by atoms with van der Waals surface area (Å²) < 4.78 is 16.4. The molecule has 11 nitrogen and oxygen atoms in total. The molecule has 0 unspecified atom stereocenters. The van der Waals surface area contributed by atoms with Crippen LogP contribution in [0.15, 0.2) is 76.2 Å². The van der Waals surface area contributed by atoms with Gasteiger partial charge in [0.15, 0.2) is 0 Å². The van der Waals surface area contributed by atoms with E-state index in [1.807, 2.05) is 53.4 Å². The van der Waals surface area contributed by atoms with Crippen LogP contribution >= 0.6 is 0 Å². The first-order chi connectivity index (χ1) is 18.7. The van der Waals surface area contributed by atoms with Gasteiger partial charge in [-0.25, -0.2) is 10.2 Å². The fraction of sp³-hybridized carbons (Fsp3) is 0.222. The summed E-state index contributed by atoms with van der Waals surface area (Å²) in [6.45, 7) is 4.71. The Morgan fingerprint density at radius 2 is 1.76 bits per heavy atom. The minimum atomic E-state index is -0.352. The lowest BCUT2D eigenvalue weighted by Crippen LogP contribution is -2.37. The molecule has 194 valence electrons. The number of esters is 1. The molecule has 11 heteroatoms. The number of benzene rings is 2. The van der Waals surface area contributed by atoms with Crippen LogP contribution in [0.2, 0.25) is 0 Å². The zero-order chi connectivity index (χ0) is 26.2. The van der Waals surface area contributed by atoms with E-state index in [1.54, 1.807) is 31.3 Å². The van der Waals surface area contributed by atoms with Crippen LogP contribution in [0.4, 0.5) is 23.5 Å². The summed E-state index contributed by atoms with van der Waals surface area (Å²) >= 11 is 0. The molecule has 0 radical (unpaired) electrons. The van der Waals surface area contributed by atoms with E-state index in [-0.39, 0.29) is 11.9 Å². The summed E-state index contributed by atoms with van der Waals surface area (Å²) in [7, 11) is 0. The fourth-order valence-corrected chi connectivity index (χ4v) is 3.74. The molecule has 1 fully saturated rings. The van der Waals surface area contributed by atoms with Crippen LogP contribution in [0.5, 0.6) is 0 Å². The van der Waals surface area contributed by atoms with Gasteiger partial charge < -0.3 is 24.1 Å². The third kappa shape index (κ3) is 6.31. The number of hydrogen-bond acceptors (Lipinski definition) is 11. The number of furan rings is 1. The molecule has 5 rings (SSSR count). The Bertz CT molecular complexity index is 1380. The van der Waals surface area contributed by atoms with Crippen molar-refractivity contribution >= 4 is 35.7 Å². The van der Waals surface area contributed by atoms with Crippen molar-refractivity contribution in [3.8, 4) is 11.3 Å². The minimum absolute atomic E-state index is 0.289. The molecule has 38 heavy (non-hydrogen) atoms. The van der Waals surface area contributed by atoms with E-state index in [2.05, 4.69) is 30.8 Å². The maximum atomic E-state index is 11.9. The molecular weight excluding hydrogens is 486 g/mol. The maximum Gasteiger partial charge on any atom is 0.338 e. The number of anilines is 4. The molecule has 2 N–H and O–H groups in total. The highest BCUT2D eigenvalue weighted by molar-refractivity contribution is 5.90. The normalized spacial score (nSPS) is 13.4. The number of ether oxygens (including phenoxy) is 2. The summed E-state index contributed by atoms with van der Waals surface area (Å²) in [5.74, 6) is 2.05. The first-order valence-corrected chi connectivity index (χ1v) is 12.3. The van der Waals surface area contributed by atoms with E-state index in [9.17, 15) is 4.79 Å². The second-order valence-corrected chi connectivity index (χ2v) is 8.24. The van der Waals surface area contributed by atoms with Crippen LogP contribution in [-0.2, 0) is 9.47 Å². The molecular formula is C27H27N7O4. The highest BCUT2D eigenvalue weighted by Crippen LogP contribution is 2.23. The summed E-state index contributed by atoms with van der Waals surface area (Å²) in [6.07, 6.45) is 1.54. The van der Waals surface area contributed by atoms with Gasteiger partial charge >= 0.3 is 5.97 Å². The fourth-order valence-electron chi connectivity index (χ4n) is 3.74. The molecule has 0 bridgehead atoms. The Balaban J connectivity index is 1.29. The second-order valence-electron chi connectivity index (χ2n) is 8.24. The Morgan fingerprint density at radius 3 is 2.53 bits per heavy atom. The number of carbonyl (C=O) groups excluding carboxylic acids is 1. The van der Waals surface area contributed by atoms with Gasteiger partial charge in [0.05, 0.1) is 31.6 Å². The first kappa shape index (κ1) is 24.9. The monoisotopic (exact) mass is 513 g/mol. The average Bonchev–Trinajstić information content (AvgIpc) is 3.43. The number of carbonyl (C=O) groups is 1. The molecule has 0 atom stereocenters. The smallest absolute Gasteiger partial charge is 0.338 e. The van der Waals surface area contributed by atoms with Gasteiger partial charge in [0, 0.05) is 24.3 Å². The number of aromatic nitrogens is 3. The van der Waals surface area contributed by atoms with Gasteiger partial charge in [0.1, 0.15) is 11.5 Å². The summed E-state index contributed by atoms with van der Waals surface area (Å²) in [5.41, 5.74) is 5.06. The first-order valence-electron chi connectivity index (χ1n) is 12.3. The van der Waals surface area contributed by atoms with Crippen molar-refractivity contribution in [2.45, 2.75) is 6.92 Å². The number of rotatable bonds is 9.